The number of rotatable bonds is 41. The summed E-state index contributed by atoms with van der Waals surface area (Å²) < 4.78 is 6.04. The zero-order valence-corrected chi connectivity index (χ0v) is 34.4. The van der Waals surface area contributed by atoms with Gasteiger partial charge in [-0.05, 0) is 83.6 Å². The number of nitrogens with two attached hydrogens (primary N) is 1. The normalized spacial score (nSPS) is 12.7. The summed E-state index contributed by atoms with van der Waals surface area (Å²) in [5.74, 6) is -1.22. The number of allylic oxidation sites excluding steroid dienone is 2. The smallest absolute Gasteiger partial charge is 0.326 e. The number of hydrogen-bond acceptors (Lipinski definition) is 5. The predicted octanol–water partition coefficient (Wildman–Crippen LogP) is 12.7. The van der Waals surface area contributed by atoms with Crippen molar-refractivity contribution in [2.24, 2.45) is 5.73 Å². The second-order valence-electron chi connectivity index (χ2n) is 15.5. The third-order valence-corrected chi connectivity index (χ3v) is 10.3. The van der Waals surface area contributed by atoms with E-state index in [2.05, 4.69) is 31.3 Å². The SMILES string of the molecule is CCCCCCCC/C=C\CCCCCCCCCC(=O)OC(CCCCCCCCCCC)CCCCCCCC(=O)NC(CCCN)C(=O)O. The molecule has 0 spiro atoms. The Labute approximate surface area is 321 Å². The van der Waals surface area contributed by atoms with Crippen LogP contribution in [-0.4, -0.2) is 41.6 Å². The highest BCUT2D eigenvalue weighted by atomic mass is 16.5. The number of hydrogen-bond donors (Lipinski definition) is 3. The standard InChI is InChI=1S/C45H86N2O5/c1-3-5-7-9-11-13-14-15-16-17-18-19-20-22-24-29-33-39-44(49)52-41(35-30-26-23-21-12-10-8-6-4-2)36-31-27-25-28-32-38-43(48)47-42(45(50)51)37-34-40-46/h15-16,41-42H,3-14,17-40,46H2,1-2H3,(H,47,48)(H,50,51)/b16-15-. The van der Waals surface area contributed by atoms with E-state index in [0.717, 1.165) is 64.2 Å². The Hall–Kier alpha value is -1.89. The Kier molecular flexibility index (Phi) is 38.8. The van der Waals surface area contributed by atoms with Crippen LogP contribution >= 0.6 is 0 Å². The van der Waals surface area contributed by atoms with Crippen LogP contribution in [0.4, 0.5) is 0 Å². The number of nitrogens with one attached hydrogen (secondary N) is 1. The fourth-order valence-corrected chi connectivity index (χ4v) is 6.92. The molecule has 0 bridgehead atoms. The van der Waals surface area contributed by atoms with Gasteiger partial charge in [-0.2, -0.15) is 0 Å². The average molecular weight is 735 g/mol. The number of ether oxygens (including phenoxy) is 1. The Morgan fingerprint density at radius 3 is 1.38 bits per heavy atom. The quantitative estimate of drug-likeness (QED) is 0.0327. The summed E-state index contributed by atoms with van der Waals surface area (Å²) >= 11 is 0. The summed E-state index contributed by atoms with van der Waals surface area (Å²) in [7, 11) is 0. The minimum absolute atomic E-state index is 0.0177. The molecule has 0 aliphatic carbocycles. The number of amides is 1. The van der Waals surface area contributed by atoms with Gasteiger partial charge in [0.25, 0.3) is 0 Å². The van der Waals surface area contributed by atoms with Crippen molar-refractivity contribution in [3.8, 4) is 0 Å². The number of esters is 1. The Balaban J connectivity index is 4.20. The molecule has 0 aliphatic rings. The van der Waals surface area contributed by atoms with Crippen molar-refractivity contribution >= 4 is 17.8 Å². The van der Waals surface area contributed by atoms with E-state index >= 15 is 0 Å². The molecular weight excluding hydrogens is 649 g/mol. The fraction of sp³-hybridized carbons (Fsp3) is 0.889. The van der Waals surface area contributed by atoms with Crippen molar-refractivity contribution in [3.63, 3.8) is 0 Å². The summed E-state index contributed by atoms with van der Waals surface area (Å²) in [5.41, 5.74) is 5.48. The topological polar surface area (TPSA) is 119 Å². The van der Waals surface area contributed by atoms with Crippen molar-refractivity contribution in [1.82, 2.24) is 5.32 Å². The van der Waals surface area contributed by atoms with E-state index in [0.29, 0.717) is 32.2 Å². The second kappa shape index (κ2) is 40.3. The van der Waals surface area contributed by atoms with Gasteiger partial charge in [-0.15, -0.1) is 0 Å². The van der Waals surface area contributed by atoms with E-state index in [1.54, 1.807) is 0 Å². The molecular formula is C45H86N2O5. The van der Waals surface area contributed by atoms with Gasteiger partial charge in [0.1, 0.15) is 12.1 Å². The lowest BCUT2D eigenvalue weighted by Crippen LogP contribution is -2.40. The second-order valence-corrected chi connectivity index (χ2v) is 15.5. The first-order valence-electron chi connectivity index (χ1n) is 22.5. The summed E-state index contributed by atoms with van der Waals surface area (Å²) in [6, 6.07) is -0.853. The molecule has 2 unspecified atom stereocenters. The van der Waals surface area contributed by atoms with Gasteiger partial charge in [0.15, 0.2) is 0 Å². The van der Waals surface area contributed by atoms with Crippen molar-refractivity contribution in [2.75, 3.05) is 6.54 Å². The molecule has 0 aromatic carbocycles. The molecule has 7 heteroatoms. The third kappa shape index (κ3) is 36.5. The lowest BCUT2D eigenvalue weighted by Gasteiger charge is -2.18. The zero-order chi connectivity index (χ0) is 38.2. The number of unbranched alkanes of at least 4 members (excludes halogenated alkanes) is 25. The van der Waals surface area contributed by atoms with Gasteiger partial charge in [0, 0.05) is 12.8 Å². The van der Waals surface area contributed by atoms with Crippen molar-refractivity contribution in [1.29, 1.82) is 0 Å². The molecule has 0 rings (SSSR count). The Morgan fingerprint density at radius 1 is 0.538 bits per heavy atom. The first-order chi connectivity index (χ1) is 25.4. The summed E-state index contributed by atoms with van der Waals surface area (Å²) in [5, 5.41) is 11.9. The van der Waals surface area contributed by atoms with Crippen LogP contribution in [0, 0.1) is 0 Å². The lowest BCUT2D eigenvalue weighted by atomic mass is 10.0. The van der Waals surface area contributed by atoms with Gasteiger partial charge in [0.05, 0.1) is 0 Å². The Bertz CT molecular complexity index is 833. The van der Waals surface area contributed by atoms with Crippen LogP contribution in [0.1, 0.15) is 239 Å². The highest BCUT2D eigenvalue weighted by Gasteiger charge is 2.19. The lowest BCUT2D eigenvalue weighted by molar-refractivity contribution is -0.150. The molecule has 0 fully saturated rings. The monoisotopic (exact) mass is 735 g/mol. The molecule has 7 nitrogen and oxygen atoms in total. The summed E-state index contributed by atoms with van der Waals surface area (Å²) in [6.07, 6.45) is 44.0. The average Bonchev–Trinajstić information content (AvgIpc) is 3.13. The van der Waals surface area contributed by atoms with Crippen LogP contribution < -0.4 is 11.1 Å². The van der Waals surface area contributed by atoms with Crippen LogP contribution in [0.3, 0.4) is 0 Å². The van der Waals surface area contributed by atoms with Crippen LogP contribution in [0.2, 0.25) is 0 Å². The van der Waals surface area contributed by atoms with Gasteiger partial charge < -0.3 is 20.9 Å². The molecule has 0 saturated carbocycles. The van der Waals surface area contributed by atoms with E-state index in [1.807, 2.05) is 0 Å². The highest BCUT2D eigenvalue weighted by Crippen LogP contribution is 2.19. The zero-order valence-electron chi connectivity index (χ0n) is 34.4. The molecule has 0 aromatic rings. The number of aliphatic carboxylic acids is 1. The minimum Gasteiger partial charge on any atom is -0.480 e. The van der Waals surface area contributed by atoms with Crippen LogP contribution in [0.5, 0.6) is 0 Å². The van der Waals surface area contributed by atoms with Gasteiger partial charge in [-0.3, -0.25) is 9.59 Å². The first-order valence-corrected chi connectivity index (χ1v) is 22.5. The van der Waals surface area contributed by atoms with Crippen LogP contribution in [0.15, 0.2) is 12.2 Å². The van der Waals surface area contributed by atoms with E-state index in [4.69, 9.17) is 10.5 Å². The number of carboxylic acid groups (broad SMARTS) is 1. The van der Waals surface area contributed by atoms with E-state index < -0.39 is 12.0 Å². The maximum Gasteiger partial charge on any atom is 0.326 e. The molecule has 52 heavy (non-hydrogen) atoms. The Morgan fingerprint density at radius 2 is 0.942 bits per heavy atom. The molecule has 4 N–H and O–H groups in total. The van der Waals surface area contributed by atoms with Crippen molar-refractivity contribution < 1.29 is 24.2 Å². The van der Waals surface area contributed by atoms with Crippen molar-refractivity contribution in [2.45, 2.75) is 251 Å². The van der Waals surface area contributed by atoms with Gasteiger partial charge >= 0.3 is 11.9 Å². The summed E-state index contributed by atoms with van der Waals surface area (Å²) in [4.78, 5) is 36.3. The van der Waals surface area contributed by atoms with Gasteiger partial charge in [-0.25, -0.2) is 4.79 Å². The van der Waals surface area contributed by atoms with E-state index in [1.165, 1.54) is 135 Å². The molecule has 0 heterocycles. The van der Waals surface area contributed by atoms with E-state index in [9.17, 15) is 19.5 Å². The van der Waals surface area contributed by atoms with Crippen LogP contribution in [0.25, 0.3) is 0 Å². The third-order valence-electron chi connectivity index (χ3n) is 10.3. The summed E-state index contributed by atoms with van der Waals surface area (Å²) in [6.45, 7) is 4.95. The largest absolute Gasteiger partial charge is 0.480 e. The van der Waals surface area contributed by atoms with Gasteiger partial charge in [-0.1, -0.05) is 161 Å². The van der Waals surface area contributed by atoms with Gasteiger partial charge in [0.2, 0.25) is 5.91 Å². The minimum atomic E-state index is -1.00. The van der Waals surface area contributed by atoms with Crippen LogP contribution in [-0.2, 0) is 19.1 Å². The highest BCUT2D eigenvalue weighted by molar-refractivity contribution is 5.83. The number of carboxylic acids is 1. The first kappa shape index (κ1) is 50.1. The number of carbonyl (C=O) groups excluding carboxylic acids is 2. The van der Waals surface area contributed by atoms with Crippen molar-refractivity contribution in [3.05, 3.63) is 12.2 Å². The fourth-order valence-electron chi connectivity index (χ4n) is 6.92. The molecule has 0 aliphatic heterocycles. The number of carbonyl (C=O) groups is 3. The molecule has 0 radical (unpaired) electrons. The maximum atomic E-state index is 12.8. The molecule has 2 atom stereocenters. The molecule has 0 aromatic heterocycles. The predicted molar refractivity (Wildman–Crippen MR) is 221 cm³/mol. The molecule has 306 valence electrons. The van der Waals surface area contributed by atoms with E-state index in [-0.39, 0.29) is 18.0 Å². The molecule has 0 saturated heterocycles. The maximum absolute atomic E-state index is 12.8. The molecule has 1 amide bonds.